The van der Waals surface area contributed by atoms with Gasteiger partial charge in [0.2, 0.25) is 0 Å². The molecule has 3 nitrogen and oxygen atoms in total. The van der Waals surface area contributed by atoms with Crippen molar-refractivity contribution in [2.24, 2.45) is 5.92 Å². The van der Waals surface area contributed by atoms with Crippen LogP contribution in [0.15, 0.2) is 18.2 Å². The van der Waals surface area contributed by atoms with Crippen LogP contribution in [-0.4, -0.2) is 12.4 Å². The Morgan fingerprint density at radius 2 is 2.13 bits per heavy atom. The first-order chi connectivity index (χ1) is 7.06. The molecule has 0 radical (unpaired) electrons. The Bertz CT molecular complexity index is 359. The number of Topliss-reactive ketones (excluding diaryl/α,β-unsaturated/α-hetero) is 1. The van der Waals surface area contributed by atoms with E-state index in [2.05, 4.69) is 0 Å². The second-order valence-corrected chi connectivity index (χ2v) is 3.70. The van der Waals surface area contributed by atoms with Crippen molar-refractivity contribution in [2.45, 2.75) is 20.8 Å². The second-order valence-electron chi connectivity index (χ2n) is 3.70. The molecule has 0 unspecified atom stereocenters. The van der Waals surface area contributed by atoms with Gasteiger partial charge in [0.15, 0.2) is 5.78 Å². The first kappa shape index (κ1) is 11.6. The van der Waals surface area contributed by atoms with Gasteiger partial charge in [-0.2, -0.15) is 0 Å². The number of anilines is 1. The number of rotatable bonds is 4. The SMILES string of the molecule is CCOc1ccc(C(=O)C(C)C)cc1N. The van der Waals surface area contributed by atoms with E-state index >= 15 is 0 Å². The van der Waals surface area contributed by atoms with Gasteiger partial charge in [-0.3, -0.25) is 4.79 Å². The van der Waals surface area contributed by atoms with E-state index in [1.165, 1.54) is 0 Å². The molecule has 0 aromatic heterocycles. The first-order valence-electron chi connectivity index (χ1n) is 5.12. The summed E-state index contributed by atoms with van der Waals surface area (Å²) in [6.45, 7) is 6.21. The van der Waals surface area contributed by atoms with Crippen molar-refractivity contribution in [1.82, 2.24) is 0 Å². The fourth-order valence-electron chi connectivity index (χ4n) is 1.32. The van der Waals surface area contributed by atoms with E-state index in [4.69, 9.17) is 10.5 Å². The molecule has 82 valence electrons. The number of hydrogen-bond acceptors (Lipinski definition) is 3. The summed E-state index contributed by atoms with van der Waals surface area (Å²) >= 11 is 0. The van der Waals surface area contributed by atoms with Crippen LogP contribution in [0, 0.1) is 5.92 Å². The van der Waals surface area contributed by atoms with Crippen LogP contribution in [0.1, 0.15) is 31.1 Å². The van der Waals surface area contributed by atoms with Crippen LogP contribution in [-0.2, 0) is 0 Å². The Morgan fingerprint density at radius 3 is 2.60 bits per heavy atom. The molecule has 1 rings (SSSR count). The highest BCUT2D eigenvalue weighted by Gasteiger charge is 2.11. The molecule has 0 aliphatic heterocycles. The molecule has 15 heavy (non-hydrogen) atoms. The molecule has 0 bridgehead atoms. The number of nitrogens with two attached hydrogens (primary N) is 1. The number of carbonyl (C=O) groups is 1. The maximum absolute atomic E-state index is 11.7. The number of hydrogen-bond donors (Lipinski definition) is 1. The van der Waals surface area contributed by atoms with Gasteiger partial charge in [-0.15, -0.1) is 0 Å². The summed E-state index contributed by atoms with van der Waals surface area (Å²) in [5, 5.41) is 0. The van der Waals surface area contributed by atoms with Crippen LogP contribution in [0.4, 0.5) is 5.69 Å². The Labute approximate surface area is 90.2 Å². The number of benzene rings is 1. The van der Waals surface area contributed by atoms with Gasteiger partial charge in [0.05, 0.1) is 12.3 Å². The lowest BCUT2D eigenvalue weighted by molar-refractivity contribution is 0.0939. The molecule has 0 heterocycles. The van der Waals surface area contributed by atoms with Gasteiger partial charge in [0.1, 0.15) is 5.75 Å². The zero-order chi connectivity index (χ0) is 11.4. The van der Waals surface area contributed by atoms with E-state index in [0.29, 0.717) is 23.6 Å². The fourth-order valence-corrected chi connectivity index (χ4v) is 1.32. The molecular formula is C12H17NO2. The predicted molar refractivity (Wildman–Crippen MR) is 61.2 cm³/mol. The van der Waals surface area contributed by atoms with E-state index in [1.807, 2.05) is 20.8 Å². The molecule has 3 heteroatoms. The van der Waals surface area contributed by atoms with Crippen LogP contribution < -0.4 is 10.5 Å². The number of nitrogen functional groups attached to an aromatic ring is 1. The standard InChI is InChI=1S/C12H17NO2/c1-4-15-11-6-5-9(7-10(11)13)12(14)8(2)3/h5-8H,4,13H2,1-3H3. The quantitative estimate of drug-likeness (QED) is 0.609. The molecule has 2 N–H and O–H groups in total. The summed E-state index contributed by atoms with van der Waals surface area (Å²) in [7, 11) is 0. The van der Waals surface area contributed by atoms with Gasteiger partial charge in [0.25, 0.3) is 0 Å². The zero-order valence-electron chi connectivity index (χ0n) is 9.41. The Balaban J connectivity index is 2.96. The summed E-state index contributed by atoms with van der Waals surface area (Å²) in [6, 6.07) is 5.17. The lowest BCUT2D eigenvalue weighted by atomic mass is 10.0. The zero-order valence-corrected chi connectivity index (χ0v) is 9.41. The third-order valence-electron chi connectivity index (χ3n) is 2.12. The summed E-state index contributed by atoms with van der Waals surface area (Å²) in [5.74, 6) is 0.727. The summed E-state index contributed by atoms with van der Waals surface area (Å²) in [4.78, 5) is 11.7. The van der Waals surface area contributed by atoms with Crippen LogP contribution in [0.3, 0.4) is 0 Å². The monoisotopic (exact) mass is 207 g/mol. The molecule has 1 aromatic carbocycles. The summed E-state index contributed by atoms with van der Waals surface area (Å²) < 4.78 is 5.30. The molecule has 0 atom stereocenters. The maximum atomic E-state index is 11.7. The van der Waals surface area contributed by atoms with E-state index in [9.17, 15) is 4.79 Å². The first-order valence-corrected chi connectivity index (χ1v) is 5.12. The average molecular weight is 207 g/mol. The smallest absolute Gasteiger partial charge is 0.165 e. The van der Waals surface area contributed by atoms with Gasteiger partial charge in [-0.1, -0.05) is 13.8 Å². The largest absolute Gasteiger partial charge is 0.492 e. The highest BCUT2D eigenvalue weighted by Crippen LogP contribution is 2.23. The minimum absolute atomic E-state index is 0.0117. The van der Waals surface area contributed by atoms with Crippen LogP contribution >= 0.6 is 0 Å². The van der Waals surface area contributed by atoms with E-state index in [-0.39, 0.29) is 11.7 Å². The van der Waals surface area contributed by atoms with Crippen molar-refractivity contribution >= 4 is 11.5 Å². The van der Waals surface area contributed by atoms with Crippen molar-refractivity contribution in [2.75, 3.05) is 12.3 Å². The topological polar surface area (TPSA) is 52.3 Å². The van der Waals surface area contributed by atoms with Crippen molar-refractivity contribution in [3.05, 3.63) is 23.8 Å². The van der Waals surface area contributed by atoms with Crippen molar-refractivity contribution in [3.8, 4) is 5.75 Å². The van der Waals surface area contributed by atoms with Crippen molar-refractivity contribution in [1.29, 1.82) is 0 Å². The summed E-state index contributed by atoms with van der Waals surface area (Å²) in [5.41, 5.74) is 6.93. The van der Waals surface area contributed by atoms with Gasteiger partial charge in [0, 0.05) is 11.5 Å². The van der Waals surface area contributed by atoms with Crippen molar-refractivity contribution in [3.63, 3.8) is 0 Å². The van der Waals surface area contributed by atoms with Gasteiger partial charge in [-0.05, 0) is 25.1 Å². The van der Waals surface area contributed by atoms with E-state index < -0.39 is 0 Å². The predicted octanol–water partition coefficient (Wildman–Crippen LogP) is 2.51. The Morgan fingerprint density at radius 1 is 1.47 bits per heavy atom. The molecule has 0 amide bonds. The third-order valence-corrected chi connectivity index (χ3v) is 2.12. The van der Waals surface area contributed by atoms with Gasteiger partial charge >= 0.3 is 0 Å². The maximum Gasteiger partial charge on any atom is 0.165 e. The molecule has 0 spiro atoms. The third kappa shape index (κ3) is 2.72. The number of carbonyl (C=O) groups excluding carboxylic acids is 1. The highest BCUT2D eigenvalue weighted by molar-refractivity contribution is 5.98. The van der Waals surface area contributed by atoms with Crippen molar-refractivity contribution < 1.29 is 9.53 Å². The van der Waals surface area contributed by atoms with Gasteiger partial charge < -0.3 is 10.5 Å². The lowest BCUT2D eigenvalue weighted by Crippen LogP contribution is -2.08. The van der Waals surface area contributed by atoms with Gasteiger partial charge in [-0.25, -0.2) is 0 Å². The van der Waals surface area contributed by atoms with Crippen LogP contribution in [0.5, 0.6) is 5.75 Å². The minimum atomic E-state index is -0.0117. The molecule has 0 aliphatic carbocycles. The fraction of sp³-hybridized carbons (Fsp3) is 0.417. The van der Waals surface area contributed by atoms with E-state index in [1.54, 1.807) is 18.2 Å². The number of ether oxygens (including phenoxy) is 1. The molecule has 1 aromatic rings. The summed E-state index contributed by atoms with van der Waals surface area (Å²) in [6.07, 6.45) is 0. The minimum Gasteiger partial charge on any atom is -0.492 e. The Kier molecular flexibility index (Phi) is 3.72. The molecule has 0 saturated carbocycles. The highest BCUT2D eigenvalue weighted by atomic mass is 16.5. The molecular weight excluding hydrogens is 190 g/mol. The van der Waals surface area contributed by atoms with E-state index in [0.717, 1.165) is 0 Å². The molecule has 0 saturated heterocycles. The second kappa shape index (κ2) is 4.82. The molecule has 0 aliphatic rings. The average Bonchev–Trinajstić information content (AvgIpc) is 2.20. The number of ketones is 1. The lowest BCUT2D eigenvalue weighted by Gasteiger charge is -2.09. The van der Waals surface area contributed by atoms with Crippen LogP contribution in [0.25, 0.3) is 0 Å². The van der Waals surface area contributed by atoms with Crippen LogP contribution in [0.2, 0.25) is 0 Å². The molecule has 0 fully saturated rings. The Hall–Kier alpha value is -1.51. The normalized spacial score (nSPS) is 10.4.